The van der Waals surface area contributed by atoms with Crippen molar-refractivity contribution in [2.24, 2.45) is 5.41 Å². The summed E-state index contributed by atoms with van der Waals surface area (Å²) in [6.07, 6.45) is 1.66. The van der Waals surface area contributed by atoms with E-state index in [1.54, 1.807) is 0 Å². The molecule has 0 saturated heterocycles. The van der Waals surface area contributed by atoms with Crippen molar-refractivity contribution >= 4 is 33.0 Å². The van der Waals surface area contributed by atoms with Crippen LogP contribution in [0.15, 0.2) is 15.9 Å². The van der Waals surface area contributed by atoms with Crippen molar-refractivity contribution in [1.29, 1.82) is 0 Å². The van der Waals surface area contributed by atoms with Gasteiger partial charge in [-0.15, -0.1) is 11.3 Å². The second-order valence-electron chi connectivity index (χ2n) is 3.40. The number of aliphatic hydroxyl groups excluding tert-OH is 1. The highest BCUT2D eigenvalue weighted by Crippen LogP contribution is 2.48. The molecule has 1 N–H and O–H groups in total. The molecule has 1 aliphatic carbocycles. The molecule has 0 atom stereocenters. The summed E-state index contributed by atoms with van der Waals surface area (Å²) in [5.74, 6) is 0.103. The van der Waals surface area contributed by atoms with E-state index in [1.807, 2.05) is 11.4 Å². The molecule has 1 aliphatic rings. The molecule has 0 amide bonds. The predicted molar refractivity (Wildman–Crippen MR) is 55.1 cm³/mol. The summed E-state index contributed by atoms with van der Waals surface area (Å²) in [6.45, 7) is -0.0125. The van der Waals surface area contributed by atoms with Crippen LogP contribution in [0.5, 0.6) is 0 Å². The van der Waals surface area contributed by atoms with E-state index in [1.165, 1.54) is 11.3 Å². The van der Waals surface area contributed by atoms with E-state index >= 15 is 0 Å². The topological polar surface area (TPSA) is 37.3 Å². The Labute approximate surface area is 88.7 Å². The first-order valence-corrected chi connectivity index (χ1v) is 5.75. The van der Waals surface area contributed by atoms with Crippen molar-refractivity contribution in [3.05, 3.63) is 20.8 Å². The van der Waals surface area contributed by atoms with Gasteiger partial charge in [0.25, 0.3) is 0 Å². The Hall–Kier alpha value is -0.190. The van der Waals surface area contributed by atoms with Crippen LogP contribution >= 0.6 is 27.3 Å². The minimum atomic E-state index is -0.426. The third-order valence-corrected chi connectivity index (χ3v) is 4.12. The van der Waals surface area contributed by atoms with Crippen LogP contribution in [-0.4, -0.2) is 17.5 Å². The number of ketones is 1. The lowest BCUT2D eigenvalue weighted by molar-refractivity contribution is 0.0834. The molecule has 1 heterocycles. The number of halogens is 1. The summed E-state index contributed by atoms with van der Waals surface area (Å²) in [7, 11) is 0. The van der Waals surface area contributed by atoms with Crippen LogP contribution in [-0.2, 0) is 0 Å². The van der Waals surface area contributed by atoms with Crippen LogP contribution in [0.25, 0.3) is 0 Å². The molecular weight excluding hydrogens is 252 g/mol. The van der Waals surface area contributed by atoms with Gasteiger partial charge in [-0.3, -0.25) is 4.79 Å². The van der Waals surface area contributed by atoms with Crippen LogP contribution in [0.4, 0.5) is 0 Å². The highest BCUT2D eigenvalue weighted by Gasteiger charge is 2.49. The molecule has 4 heteroatoms. The van der Waals surface area contributed by atoms with E-state index in [9.17, 15) is 4.79 Å². The Morgan fingerprint density at radius 1 is 1.69 bits per heavy atom. The number of rotatable bonds is 3. The minimum absolute atomic E-state index is 0.0125. The van der Waals surface area contributed by atoms with Gasteiger partial charge in [0.05, 0.1) is 16.9 Å². The lowest BCUT2D eigenvalue weighted by Crippen LogP contribution is -2.18. The van der Waals surface area contributed by atoms with Gasteiger partial charge in [0, 0.05) is 9.85 Å². The van der Waals surface area contributed by atoms with Crippen molar-refractivity contribution in [2.75, 3.05) is 6.61 Å². The third-order valence-electron chi connectivity index (χ3n) is 2.43. The van der Waals surface area contributed by atoms with Gasteiger partial charge in [-0.2, -0.15) is 0 Å². The van der Waals surface area contributed by atoms with Gasteiger partial charge in [-0.1, -0.05) is 0 Å². The molecule has 0 aromatic carbocycles. The maximum Gasteiger partial charge on any atom is 0.181 e. The first kappa shape index (κ1) is 9.37. The molecule has 0 spiro atoms. The molecular formula is C9H9BrO2S. The maximum absolute atomic E-state index is 11.8. The van der Waals surface area contributed by atoms with Crippen molar-refractivity contribution in [2.45, 2.75) is 12.8 Å². The molecule has 0 radical (unpaired) electrons. The van der Waals surface area contributed by atoms with Gasteiger partial charge >= 0.3 is 0 Å². The second kappa shape index (κ2) is 3.19. The summed E-state index contributed by atoms with van der Waals surface area (Å²) in [5, 5.41) is 11.0. The van der Waals surface area contributed by atoms with Crippen LogP contribution in [0, 0.1) is 5.41 Å². The molecule has 70 valence electrons. The van der Waals surface area contributed by atoms with Gasteiger partial charge in [-0.25, -0.2) is 0 Å². The lowest BCUT2D eigenvalue weighted by atomic mass is 10.0. The lowest BCUT2D eigenvalue weighted by Gasteiger charge is -2.07. The van der Waals surface area contributed by atoms with E-state index < -0.39 is 5.41 Å². The summed E-state index contributed by atoms with van der Waals surface area (Å²) in [5.41, 5.74) is -0.426. The van der Waals surface area contributed by atoms with Crippen molar-refractivity contribution < 1.29 is 9.90 Å². The molecule has 1 aromatic rings. The zero-order valence-electron chi connectivity index (χ0n) is 6.92. The van der Waals surface area contributed by atoms with Crippen molar-refractivity contribution in [1.82, 2.24) is 0 Å². The molecule has 1 fully saturated rings. The third kappa shape index (κ3) is 1.58. The Bertz CT molecular complexity index is 341. The van der Waals surface area contributed by atoms with Gasteiger partial charge in [0.15, 0.2) is 5.78 Å². The quantitative estimate of drug-likeness (QED) is 0.848. The van der Waals surface area contributed by atoms with Gasteiger partial charge < -0.3 is 5.11 Å². The van der Waals surface area contributed by atoms with Crippen LogP contribution in [0.3, 0.4) is 0 Å². The fourth-order valence-electron chi connectivity index (χ4n) is 1.30. The number of carbonyl (C=O) groups is 1. The number of hydrogen-bond donors (Lipinski definition) is 1. The van der Waals surface area contributed by atoms with Crippen LogP contribution < -0.4 is 0 Å². The Morgan fingerprint density at radius 3 is 2.77 bits per heavy atom. The summed E-state index contributed by atoms with van der Waals surface area (Å²) < 4.78 is 0.939. The monoisotopic (exact) mass is 260 g/mol. The van der Waals surface area contributed by atoms with Gasteiger partial charge in [0.1, 0.15) is 0 Å². The molecule has 2 nitrogen and oxygen atoms in total. The molecule has 0 unspecified atom stereocenters. The zero-order valence-corrected chi connectivity index (χ0v) is 9.32. The van der Waals surface area contributed by atoms with Crippen LogP contribution in [0.2, 0.25) is 0 Å². The van der Waals surface area contributed by atoms with Gasteiger partial charge in [-0.05, 0) is 34.8 Å². The number of Topliss-reactive ketones (excluding diaryl/α,β-unsaturated/α-hetero) is 1. The highest BCUT2D eigenvalue weighted by atomic mass is 79.9. The summed E-state index contributed by atoms with van der Waals surface area (Å²) in [6, 6.07) is 1.82. The van der Waals surface area contributed by atoms with E-state index in [4.69, 9.17) is 5.11 Å². The predicted octanol–water partition coefficient (Wildman–Crippen LogP) is 2.47. The first-order valence-electron chi connectivity index (χ1n) is 4.08. The molecule has 2 rings (SSSR count). The van der Waals surface area contributed by atoms with Crippen molar-refractivity contribution in [3.63, 3.8) is 0 Å². The van der Waals surface area contributed by atoms with E-state index in [-0.39, 0.29) is 12.4 Å². The summed E-state index contributed by atoms with van der Waals surface area (Å²) in [4.78, 5) is 12.6. The Morgan fingerprint density at radius 2 is 2.38 bits per heavy atom. The molecule has 1 aromatic heterocycles. The minimum Gasteiger partial charge on any atom is -0.395 e. The zero-order chi connectivity index (χ0) is 9.47. The fraction of sp³-hybridized carbons (Fsp3) is 0.444. The van der Waals surface area contributed by atoms with E-state index in [0.29, 0.717) is 0 Å². The molecule has 13 heavy (non-hydrogen) atoms. The molecule has 0 bridgehead atoms. The van der Waals surface area contributed by atoms with E-state index in [0.717, 1.165) is 22.2 Å². The molecule has 1 saturated carbocycles. The Kier molecular flexibility index (Phi) is 2.30. The number of thiophene rings is 1. The second-order valence-corrected chi connectivity index (χ2v) is 5.22. The largest absolute Gasteiger partial charge is 0.395 e. The number of hydrogen-bond acceptors (Lipinski definition) is 3. The number of aliphatic hydroxyl groups is 1. The molecule has 0 aliphatic heterocycles. The Balaban J connectivity index is 2.23. The normalized spacial score (nSPS) is 18.6. The van der Waals surface area contributed by atoms with Gasteiger partial charge in [0.2, 0.25) is 0 Å². The maximum atomic E-state index is 11.8. The average Bonchev–Trinajstić information content (AvgIpc) is 2.82. The standard InChI is InChI=1S/C9H9BrO2S/c10-6-3-7(13-4-6)8(12)9(5-11)1-2-9/h3-4,11H,1-2,5H2. The smallest absolute Gasteiger partial charge is 0.181 e. The highest BCUT2D eigenvalue weighted by molar-refractivity contribution is 9.10. The van der Waals surface area contributed by atoms with Crippen molar-refractivity contribution in [3.8, 4) is 0 Å². The SMILES string of the molecule is O=C(c1cc(Br)cs1)C1(CO)CC1. The van der Waals surface area contributed by atoms with E-state index in [2.05, 4.69) is 15.9 Å². The number of carbonyl (C=O) groups excluding carboxylic acids is 1. The fourth-order valence-corrected chi connectivity index (χ4v) is 2.79. The first-order chi connectivity index (χ1) is 6.18. The van der Waals surface area contributed by atoms with Crippen LogP contribution in [0.1, 0.15) is 22.5 Å². The summed E-state index contributed by atoms with van der Waals surface area (Å²) >= 11 is 4.74. The average molecular weight is 261 g/mol.